The Balaban J connectivity index is 2.62. The average molecular weight is 234 g/mol. The summed E-state index contributed by atoms with van der Waals surface area (Å²) in [5.74, 6) is 0. The van der Waals surface area contributed by atoms with Crippen molar-refractivity contribution < 1.29 is 4.79 Å². The smallest absolute Gasteiger partial charge is 0.317 e. The van der Waals surface area contributed by atoms with Crippen molar-refractivity contribution >= 4 is 6.03 Å². The zero-order valence-corrected chi connectivity index (χ0v) is 10.9. The first kappa shape index (κ1) is 13.6. The van der Waals surface area contributed by atoms with E-state index in [1.54, 1.807) is 4.90 Å². The van der Waals surface area contributed by atoms with Crippen LogP contribution in [0, 0.1) is 0 Å². The fourth-order valence-corrected chi connectivity index (χ4v) is 1.88. The van der Waals surface area contributed by atoms with Crippen LogP contribution in [0.2, 0.25) is 0 Å². The van der Waals surface area contributed by atoms with E-state index in [4.69, 9.17) is 0 Å². The highest BCUT2D eigenvalue weighted by molar-refractivity contribution is 5.74. The Bertz CT molecular complexity index is 337. The number of rotatable bonds is 5. The van der Waals surface area contributed by atoms with Gasteiger partial charge in [0.2, 0.25) is 0 Å². The molecular weight excluding hydrogens is 212 g/mol. The molecule has 1 aromatic carbocycles. The lowest BCUT2D eigenvalue weighted by Gasteiger charge is -2.27. The van der Waals surface area contributed by atoms with Crippen LogP contribution in [-0.4, -0.2) is 30.6 Å². The Morgan fingerprint density at radius 2 is 1.94 bits per heavy atom. The number of nitrogens with zero attached hydrogens (tertiary/aromatic N) is 1. The van der Waals surface area contributed by atoms with Gasteiger partial charge in [0.25, 0.3) is 0 Å². The summed E-state index contributed by atoms with van der Waals surface area (Å²) in [6, 6.07) is 10.6. The van der Waals surface area contributed by atoms with E-state index in [0.717, 1.165) is 12.8 Å². The SMILES string of the molecule is CCNC(=O)N(C)C(CC)Cc1ccccc1. The first-order chi connectivity index (χ1) is 8.19. The third-order valence-corrected chi connectivity index (χ3v) is 2.98. The molecule has 1 unspecified atom stereocenters. The largest absolute Gasteiger partial charge is 0.338 e. The normalized spacial score (nSPS) is 11.9. The maximum Gasteiger partial charge on any atom is 0.317 e. The number of hydrogen-bond acceptors (Lipinski definition) is 1. The molecular formula is C14H22N2O. The minimum Gasteiger partial charge on any atom is -0.338 e. The molecule has 0 aliphatic heterocycles. The van der Waals surface area contributed by atoms with E-state index in [2.05, 4.69) is 24.4 Å². The van der Waals surface area contributed by atoms with Gasteiger partial charge in [0.1, 0.15) is 0 Å². The number of carbonyl (C=O) groups excluding carboxylic acids is 1. The van der Waals surface area contributed by atoms with Gasteiger partial charge in [-0.25, -0.2) is 4.79 Å². The average Bonchev–Trinajstić information content (AvgIpc) is 2.36. The minimum atomic E-state index is 0.00952. The molecule has 94 valence electrons. The molecule has 0 aliphatic carbocycles. The predicted octanol–water partition coefficient (Wildman–Crippen LogP) is 2.67. The molecule has 0 heterocycles. The molecule has 3 heteroatoms. The molecule has 0 saturated heterocycles. The number of amides is 2. The van der Waals surface area contributed by atoms with Crippen LogP contribution in [0.1, 0.15) is 25.8 Å². The summed E-state index contributed by atoms with van der Waals surface area (Å²) in [7, 11) is 1.86. The molecule has 1 aromatic rings. The summed E-state index contributed by atoms with van der Waals surface area (Å²) in [6.45, 7) is 4.72. The zero-order valence-electron chi connectivity index (χ0n) is 10.9. The molecule has 1 N–H and O–H groups in total. The lowest BCUT2D eigenvalue weighted by Crippen LogP contribution is -2.44. The monoisotopic (exact) mass is 234 g/mol. The highest BCUT2D eigenvalue weighted by Crippen LogP contribution is 2.10. The highest BCUT2D eigenvalue weighted by Gasteiger charge is 2.17. The van der Waals surface area contributed by atoms with E-state index >= 15 is 0 Å². The second-order valence-electron chi connectivity index (χ2n) is 4.20. The number of nitrogens with one attached hydrogen (secondary N) is 1. The molecule has 0 bridgehead atoms. The molecule has 1 rings (SSSR count). The van der Waals surface area contributed by atoms with Gasteiger partial charge in [0, 0.05) is 19.6 Å². The van der Waals surface area contributed by atoms with Gasteiger partial charge in [-0.3, -0.25) is 0 Å². The topological polar surface area (TPSA) is 32.3 Å². The van der Waals surface area contributed by atoms with E-state index in [1.807, 2.05) is 32.2 Å². The number of carbonyl (C=O) groups is 1. The molecule has 1 atom stereocenters. The molecule has 0 radical (unpaired) electrons. The Kier molecular flexibility index (Phi) is 5.53. The standard InChI is InChI=1S/C14H22N2O/c1-4-13(16(3)14(17)15-5-2)11-12-9-7-6-8-10-12/h6-10,13H,4-5,11H2,1-3H3,(H,15,17). The van der Waals surface area contributed by atoms with Gasteiger partial charge in [-0.1, -0.05) is 37.3 Å². The number of likely N-dealkylation sites (N-methyl/N-ethyl adjacent to an activating group) is 1. The van der Waals surface area contributed by atoms with Crippen molar-refractivity contribution in [3.05, 3.63) is 35.9 Å². The minimum absolute atomic E-state index is 0.00952. The van der Waals surface area contributed by atoms with Crippen molar-refractivity contribution in [2.75, 3.05) is 13.6 Å². The van der Waals surface area contributed by atoms with Gasteiger partial charge >= 0.3 is 6.03 Å². The van der Waals surface area contributed by atoms with Gasteiger partial charge in [0.15, 0.2) is 0 Å². The lowest BCUT2D eigenvalue weighted by molar-refractivity contribution is 0.188. The second kappa shape index (κ2) is 6.94. The van der Waals surface area contributed by atoms with Crippen LogP contribution < -0.4 is 5.32 Å². The molecule has 0 aliphatic rings. The van der Waals surface area contributed by atoms with Crippen LogP contribution in [0.5, 0.6) is 0 Å². The van der Waals surface area contributed by atoms with Crippen molar-refractivity contribution in [2.45, 2.75) is 32.7 Å². The summed E-state index contributed by atoms with van der Waals surface area (Å²) in [5, 5.41) is 2.83. The fourth-order valence-electron chi connectivity index (χ4n) is 1.88. The fraction of sp³-hybridized carbons (Fsp3) is 0.500. The molecule has 0 spiro atoms. The molecule has 0 saturated carbocycles. The van der Waals surface area contributed by atoms with E-state index in [0.29, 0.717) is 6.54 Å². The first-order valence-electron chi connectivity index (χ1n) is 6.23. The van der Waals surface area contributed by atoms with Crippen LogP contribution in [-0.2, 0) is 6.42 Å². The van der Waals surface area contributed by atoms with E-state index in [-0.39, 0.29) is 12.1 Å². The van der Waals surface area contributed by atoms with Crippen LogP contribution in [0.25, 0.3) is 0 Å². The van der Waals surface area contributed by atoms with Gasteiger partial charge in [0.05, 0.1) is 0 Å². The molecule has 2 amide bonds. The Hall–Kier alpha value is -1.51. The number of hydrogen-bond donors (Lipinski definition) is 1. The number of benzene rings is 1. The maximum absolute atomic E-state index is 11.7. The molecule has 0 fully saturated rings. The summed E-state index contributed by atoms with van der Waals surface area (Å²) in [6.07, 6.45) is 1.87. The third kappa shape index (κ3) is 4.10. The van der Waals surface area contributed by atoms with Crippen LogP contribution >= 0.6 is 0 Å². The van der Waals surface area contributed by atoms with Gasteiger partial charge < -0.3 is 10.2 Å². The van der Waals surface area contributed by atoms with Crippen molar-refractivity contribution in [3.8, 4) is 0 Å². The Morgan fingerprint density at radius 1 is 1.29 bits per heavy atom. The quantitative estimate of drug-likeness (QED) is 0.834. The first-order valence-corrected chi connectivity index (χ1v) is 6.23. The maximum atomic E-state index is 11.7. The van der Waals surface area contributed by atoms with E-state index < -0.39 is 0 Å². The lowest BCUT2D eigenvalue weighted by atomic mass is 10.0. The van der Waals surface area contributed by atoms with Crippen molar-refractivity contribution in [1.82, 2.24) is 10.2 Å². The highest BCUT2D eigenvalue weighted by atomic mass is 16.2. The van der Waals surface area contributed by atoms with Crippen molar-refractivity contribution in [3.63, 3.8) is 0 Å². The van der Waals surface area contributed by atoms with Crippen molar-refractivity contribution in [1.29, 1.82) is 0 Å². The number of urea groups is 1. The second-order valence-corrected chi connectivity index (χ2v) is 4.20. The van der Waals surface area contributed by atoms with E-state index in [9.17, 15) is 4.79 Å². The molecule has 0 aromatic heterocycles. The molecule has 3 nitrogen and oxygen atoms in total. The van der Waals surface area contributed by atoms with Gasteiger partial charge in [-0.05, 0) is 25.3 Å². The molecule has 17 heavy (non-hydrogen) atoms. The Morgan fingerprint density at radius 3 is 2.47 bits per heavy atom. The van der Waals surface area contributed by atoms with Gasteiger partial charge in [-0.2, -0.15) is 0 Å². The van der Waals surface area contributed by atoms with Crippen LogP contribution in [0.15, 0.2) is 30.3 Å². The predicted molar refractivity (Wildman–Crippen MR) is 71.1 cm³/mol. The summed E-state index contributed by atoms with van der Waals surface area (Å²) >= 11 is 0. The van der Waals surface area contributed by atoms with Crippen LogP contribution in [0.3, 0.4) is 0 Å². The summed E-state index contributed by atoms with van der Waals surface area (Å²) in [4.78, 5) is 13.6. The Labute approximate surface area is 104 Å². The van der Waals surface area contributed by atoms with Crippen molar-refractivity contribution in [2.24, 2.45) is 0 Å². The zero-order chi connectivity index (χ0) is 12.7. The van der Waals surface area contributed by atoms with Crippen LogP contribution in [0.4, 0.5) is 4.79 Å². The summed E-state index contributed by atoms with van der Waals surface area (Å²) < 4.78 is 0. The van der Waals surface area contributed by atoms with E-state index in [1.165, 1.54) is 5.56 Å². The summed E-state index contributed by atoms with van der Waals surface area (Å²) in [5.41, 5.74) is 1.27. The van der Waals surface area contributed by atoms with Gasteiger partial charge in [-0.15, -0.1) is 0 Å². The third-order valence-electron chi connectivity index (χ3n) is 2.98.